The van der Waals surface area contributed by atoms with Crippen LogP contribution in [0.5, 0.6) is 5.75 Å². The van der Waals surface area contributed by atoms with Crippen molar-refractivity contribution in [2.45, 2.75) is 40.0 Å². The highest BCUT2D eigenvalue weighted by Crippen LogP contribution is 2.21. The van der Waals surface area contributed by atoms with Gasteiger partial charge in [-0.2, -0.15) is 0 Å². The number of rotatable bonds is 5. The van der Waals surface area contributed by atoms with Crippen molar-refractivity contribution in [1.82, 2.24) is 0 Å². The van der Waals surface area contributed by atoms with Gasteiger partial charge in [0.25, 0.3) is 0 Å². The second-order valence-corrected chi connectivity index (χ2v) is 4.29. The summed E-state index contributed by atoms with van der Waals surface area (Å²) in [5.41, 5.74) is 1.12. The van der Waals surface area contributed by atoms with Crippen molar-refractivity contribution in [1.29, 1.82) is 0 Å². The lowest BCUT2D eigenvalue weighted by molar-refractivity contribution is -0.137. The monoisotopic (exact) mass is 220 g/mol. The molecular formula is C14H20O2. The number of hydrogen-bond donors (Lipinski definition) is 0. The Morgan fingerprint density at radius 2 is 2.00 bits per heavy atom. The first-order chi connectivity index (χ1) is 7.65. The van der Waals surface area contributed by atoms with Gasteiger partial charge in [0.1, 0.15) is 5.75 Å². The summed E-state index contributed by atoms with van der Waals surface area (Å²) in [6.45, 7) is 5.84. The Bertz CT molecular complexity index is 342. The molecule has 2 nitrogen and oxygen atoms in total. The van der Waals surface area contributed by atoms with Crippen LogP contribution in [0.25, 0.3) is 0 Å². The highest BCUT2D eigenvalue weighted by Gasteiger charge is 2.11. The molecule has 0 amide bonds. The second-order valence-electron chi connectivity index (χ2n) is 4.29. The van der Waals surface area contributed by atoms with Gasteiger partial charge in [-0.05, 0) is 24.5 Å². The van der Waals surface area contributed by atoms with E-state index >= 15 is 0 Å². The van der Waals surface area contributed by atoms with Crippen LogP contribution in [-0.4, -0.2) is 5.97 Å². The average molecular weight is 220 g/mol. The minimum absolute atomic E-state index is 0.0840. The fraction of sp³-hybridized carbons (Fsp3) is 0.500. The highest BCUT2D eigenvalue weighted by atomic mass is 16.5. The molecule has 0 aromatic heterocycles. The third kappa shape index (κ3) is 3.69. The number of hydrogen-bond acceptors (Lipinski definition) is 2. The molecule has 0 saturated carbocycles. The van der Waals surface area contributed by atoms with Crippen molar-refractivity contribution >= 4 is 5.97 Å². The van der Waals surface area contributed by atoms with E-state index in [9.17, 15) is 4.79 Å². The largest absolute Gasteiger partial charge is 0.426 e. The zero-order chi connectivity index (χ0) is 12.0. The molecule has 0 fully saturated rings. The second kappa shape index (κ2) is 6.31. The van der Waals surface area contributed by atoms with Gasteiger partial charge >= 0.3 is 5.97 Å². The first-order valence-electron chi connectivity index (χ1n) is 5.94. The predicted octanol–water partition coefficient (Wildman–Crippen LogP) is 3.59. The molecule has 1 aromatic rings. The molecule has 1 aromatic carbocycles. The van der Waals surface area contributed by atoms with Gasteiger partial charge in [-0.15, -0.1) is 0 Å². The molecule has 0 unspecified atom stereocenters. The van der Waals surface area contributed by atoms with E-state index in [-0.39, 0.29) is 11.9 Å². The Morgan fingerprint density at radius 3 is 2.62 bits per heavy atom. The molecule has 1 rings (SSSR count). The number of carbonyl (C=O) groups excluding carboxylic acids is 1. The molecule has 0 spiro atoms. The van der Waals surface area contributed by atoms with Gasteiger partial charge in [0, 0.05) is 0 Å². The van der Waals surface area contributed by atoms with Crippen LogP contribution in [-0.2, 0) is 11.2 Å². The van der Waals surface area contributed by atoms with E-state index in [4.69, 9.17) is 4.74 Å². The summed E-state index contributed by atoms with van der Waals surface area (Å²) in [6, 6.07) is 7.78. The molecule has 0 N–H and O–H groups in total. The van der Waals surface area contributed by atoms with E-state index in [0.29, 0.717) is 0 Å². The van der Waals surface area contributed by atoms with Crippen LogP contribution in [0.15, 0.2) is 24.3 Å². The van der Waals surface area contributed by atoms with E-state index in [1.54, 1.807) is 0 Å². The minimum Gasteiger partial charge on any atom is -0.426 e. The maximum absolute atomic E-state index is 11.5. The quantitative estimate of drug-likeness (QED) is 0.560. The predicted molar refractivity (Wildman–Crippen MR) is 65.5 cm³/mol. The number of unbranched alkanes of at least 4 members (excludes halogenated alkanes) is 1. The lowest BCUT2D eigenvalue weighted by Gasteiger charge is -2.11. The zero-order valence-electron chi connectivity index (χ0n) is 10.3. The molecule has 0 aliphatic heterocycles. The summed E-state index contributed by atoms with van der Waals surface area (Å²) < 4.78 is 5.37. The molecule has 0 bridgehead atoms. The molecule has 0 heterocycles. The number of para-hydroxylation sites is 1. The Balaban J connectivity index is 2.74. The fourth-order valence-electron chi connectivity index (χ4n) is 1.40. The summed E-state index contributed by atoms with van der Waals surface area (Å²) in [5.74, 6) is 0.470. The third-order valence-electron chi connectivity index (χ3n) is 2.45. The van der Waals surface area contributed by atoms with Crippen LogP contribution in [0.4, 0.5) is 0 Å². The van der Waals surface area contributed by atoms with Crippen LogP contribution in [0.3, 0.4) is 0 Å². The Morgan fingerprint density at radius 1 is 1.31 bits per heavy atom. The van der Waals surface area contributed by atoms with Gasteiger partial charge in [-0.25, -0.2) is 0 Å². The van der Waals surface area contributed by atoms with Crippen LogP contribution < -0.4 is 4.74 Å². The van der Waals surface area contributed by atoms with Crippen molar-refractivity contribution in [3.63, 3.8) is 0 Å². The van der Waals surface area contributed by atoms with Crippen molar-refractivity contribution in [3.05, 3.63) is 29.8 Å². The first kappa shape index (κ1) is 12.8. The van der Waals surface area contributed by atoms with Crippen molar-refractivity contribution < 1.29 is 9.53 Å². The summed E-state index contributed by atoms with van der Waals surface area (Å²) >= 11 is 0. The molecule has 0 saturated heterocycles. The smallest absolute Gasteiger partial charge is 0.313 e. The Kier molecular flexibility index (Phi) is 5.03. The van der Waals surface area contributed by atoms with Crippen LogP contribution in [0.2, 0.25) is 0 Å². The van der Waals surface area contributed by atoms with E-state index in [1.165, 1.54) is 0 Å². The number of aryl methyl sites for hydroxylation is 1. The number of esters is 1. The standard InChI is InChI=1S/C14H20O2/c1-4-5-8-12-9-6-7-10-13(12)16-14(15)11(2)3/h6-7,9-11H,4-5,8H2,1-3H3. The lowest BCUT2D eigenvalue weighted by Crippen LogP contribution is -2.15. The number of ether oxygens (including phenoxy) is 1. The molecule has 0 aliphatic carbocycles. The van der Waals surface area contributed by atoms with Gasteiger partial charge in [-0.1, -0.05) is 45.4 Å². The summed E-state index contributed by atoms with van der Waals surface area (Å²) in [7, 11) is 0. The molecule has 2 heteroatoms. The van der Waals surface area contributed by atoms with Gasteiger partial charge in [-0.3, -0.25) is 4.79 Å². The maximum Gasteiger partial charge on any atom is 0.313 e. The third-order valence-corrected chi connectivity index (χ3v) is 2.45. The SMILES string of the molecule is CCCCc1ccccc1OC(=O)C(C)C. The van der Waals surface area contributed by atoms with Gasteiger partial charge in [0.15, 0.2) is 0 Å². The van der Waals surface area contributed by atoms with Crippen molar-refractivity contribution in [2.24, 2.45) is 5.92 Å². The lowest BCUT2D eigenvalue weighted by atomic mass is 10.1. The molecule has 0 atom stereocenters. The van der Waals surface area contributed by atoms with Crippen LogP contribution >= 0.6 is 0 Å². The minimum atomic E-state index is -0.163. The Labute approximate surface area is 97.6 Å². The average Bonchev–Trinajstić information content (AvgIpc) is 2.27. The van der Waals surface area contributed by atoms with Gasteiger partial charge < -0.3 is 4.74 Å². The highest BCUT2D eigenvalue weighted by molar-refractivity contribution is 5.74. The van der Waals surface area contributed by atoms with E-state index in [1.807, 2.05) is 38.1 Å². The molecular weight excluding hydrogens is 200 g/mol. The van der Waals surface area contributed by atoms with E-state index in [0.717, 1.165) is 30.6 Å². The fourth-order valence-corrected chi connectivity index (χ4v) is 1.40. The van der Waals surface area contributed by atoms with Crippen LogP contribution in [0, 0.1) is 5.92 Å². The zero-order valence-corrected chi connectivity index (χ0v) is 10.3. The molecule has 0 aliphatic rings. The maximum atomic E-state index is 11.5. The van der Waals surface area contributed by atoms with Crippen LogP contribution in [0.1, 0.15) is 39.2 Å². The normalized spacial score (nSPS) is 10.5. The topological polar surface area (TPSA) is 26.3 Å². The first-order valence-corrected chi connectivity index (χ1v) is 5.94. The van der Waals surface area contributed by atoms with E-state index < -0.39 is 0 Å². The number of benzene rings is 1. The van der Waals surface area contributed by atoms with Gasteiger partial charge in [0.2, 0.25) is 0 Å². The molecule has 88 valence electrons. The van der Waals surface area contributed by atoms with Crippen molar-refractivity contribution in [3.8, 4) is 5.75 Å². The molecule has 0 radical (unpaired) electrons. The Hall–Kier alpha value is -1.31. The van der Waals surface area contributed by atoms with E-state index in [2.05, 4.69) is 6.92 Å². The molecule has 16 heavy (non-hydrogen) atoms. The van der Waals surface area contributed by atoms with Crippen molar-refractivity contribution in [2.75, 3.05) is 0 Å². The summed E-state index contributed by atoms with van der Waals surface area (Å²) in [5, 5.41) is 0. The summed E-state index contributed by atoms with van der Waals surface area (Å²) in [4.78, 5) is 11.5. The summed E-state index contributed by atoms with van der Waals surface area (Å²) in [6.07, 6.45) is 3.24. The van der Waals surface area contributed by atoms with Gasteiger partial charge in [0.05, 0.1) is 5.92 Å². The number of carbonyl (C=O) groups is 1.